The van der Waals surface area contributed by atoms with E-state index in [0.717, 1.165) is 12.8 Å². The third kappa shape index (κ3) is 6.01. The molecule has 3 N–H and O–H groups in total. The zero-order valence-corrected chi connectivity index (χ0v) is 10.3. The fraction of sp³-hybridized carbons (Fsp3) is 0.727. The standard InChI is InChI=1S/C11H21N5O/c1-10(4-5-12)2-3-11(17)13-6-8-16-9-7-14-15-16/h7,9-10H,2-6,8,12H2,1H3,(H,13,17). The van der Waals surface area contributed by atoms with E-state index in [2.05, 4.69) is 22.6 Å². The number of amides is 1. The molecule has 1 aromatic rings. The first kappa shape index (κ1) is 13.6. The Labute approximate surface area is 102 Å². The molecule has 1 rings (SSSR count). The second-order valence-corrected chi connectivity index (χ2v) is 4.24. The molecule has 1 heterocycles. The van der Waals surface area contributed by atoms with E-state index in [1.165, 1.54) is 0 Å². The highest BCUT2D eigenvalue weighted by Crippen LogP contribution is 2.08. The van der Waals surface area contributed by atoms with Crippen LogP contribution in [0.1, 0.15) is 26.2 Å². The fourth-order valence-electron chi connectivity index (χ4n) is 1.56. The van der Waals surface area contributed by atoms with Crippen LogP contribution in [0.4, 0.5) is 0 Å². The van der Waals surface area contributed by atoms with Crippen molar-refractivity contribution in [3.63, 3.8) is 0 Å². The van der Waals surface area contributed by atoms with Crippen molar-refractivity contribution in [1.29, 1.82) is 0 Å². The van der Waals surface area contributed by atoms with Gasteiger partial charge in [0.25, 0.3) is 0 Å². The van der Waals surface area contributed by atoms with E-state index in [1.807, 2.05) is 0 Å². The van der Waals surface area contributed by atoms with Crippen molar-refractivity contribution in [3.8, 4) is 0 Å². The first-order chi connectivity index (χ1) is 8.22. The maximum absolute atomic E-state index is 11.5. The van der Waals surface area contributed by atoms with Gasteiger partial charge >= 0.3 is 0 Å². The molecule has 96 valence electrons. The van der Waals surface area contributed by atoms with Crippen LogP contribution in [0.25, 0.3) is 0 Å². The maximum Gasteiger partial charge on any atom is 0.220 e. The smallest absolute Gasteiger partial charge is 0.220 e. The highest BCUT2D eigenvalue weighted by Gasteiger charge is 2.05. The van der Waals surface area contributed by atoms with Gasteiger partial charge in [-0.1, -0.05) is 12.1 Å². The van der Waals surface area contributed by atoms with E-state index in [4.69, 9.17) is 5.73 Å². The summed E-state index contributed by atoms with van der Waals surface area (Å²) in [5.74, 6) is 0.607. The minimum Gasteiger partial charge on any atom is -0.354 e. The van der Waals surface area contributed by atoms with Crippen molar-refractivity contribution in [1.82, 2.24) is 20.3 Å². The summed E-state index contributed by atoms with van der Waals surface area (Å²) in [6, 6.07) is 0. The van der Waals surface area contributed by atoms with Crippen LogP contribution in [0.2, 0.25) is 0 Å². The third-order valence-electron chi connectivity index (χ3n) is 2.66. The molecule has 0 saturated heterocycles. The lowest BCUT2D eigenvalue weighted by atomic mass is 10.0. The van der Waals surface area contributed by atoms with Crippen molar-refractivity contribution in [2.45, 2.75) is 32.7 Å². The van der Waals surface area contributed by atoms with E-state index in [1.54, 1.807) is 17.1 Å². The highest BCUT2D eigenvalue weighted by atomic mass is 16.1. The summed E-state index contributed by atoms with van der Waals surface area (Å²) in [6.45, 7) is 4.06. The molecule has 0 aliphatic rings. The second-order valence-electron chi connectivity index (χ2n) is 4.24. The number of carbonyl (C=O) groups is 1. The lowest BCUT2D eigenvalue weighted by molar-refractivity contribution is -0.121. The first-order valence-corrected chi connectivity index (χ1v) is 6.03. The van der Waals surface area contributed by atoms with Crippen LogP contribution >= 0.6 is 0 Å². The van der Waals surface area contributed by atoms with Gasteiger partial charge in [-0.2, -0.15) is 0 Å². The summed E-state index contributed by atoms with van der Waals surface area (Å²) in [5.41, 5.74) is 5.45. The van der Waals surface area contributed by atoms with Gasteiger partial charge < -0.3 is 11.1 Å². The minimum atomic E-state index is 0.0917. The SMILES string of the molecule is CC(CCN)CCC(=O)NCCn1ccnn1. The topological polar surface area (TPSA) is 85.8 Å². The van der Waals surface area contributed by atoms with Gasteiger partial charge in [-0.05, 0) is 25.3 Å². The molecule has 0 spiro atoms. The number of aromatic nitrogens is 3. The maximum atomic E-state index is 11.5. The molecule has 17 heavy (non-hydrogen) atoms. The number of carbonyl (C=O) groups excluding carboxylic acids is 1. The molecule has 1 atom stereocenters. The number of rotatable bonds is 8. The van der Waals surface area contributed by atoms with E-state index in [-0.39, 0.29) is 5.91 Å². The average Bonchev–Trinajstić information content (AvgIpc) is 2.80. The molecule has 0 aliphatic carbocycles. The van der Waals surface area contributed by atoms with Crippen molar-refractivity contribution in [3.05, 3.63) is 12.4 Å². The number of hydrogen-bond acceptors (Lipinski definition) is 4. The predicted molar refractivity (Wildman–Crippen MR) is 65.1 cm³/mol. The quantitative estimate of drug-likeness (QED) is 0.676. The van der Waals surface area contributed by atoms with Gasteiger partial charge in [-0.3, -0.25) is 9.48 Å². The van der Waals surface area contributed by atoms with Crippen LogP contribution in [0.5, 0.6) is 0 Å². The molecular formula is C11H21N5O. The molecule has 6 heteroatoms. The number of hydrogen-bond donors (Lipinski definition) is 2. The van der Waals surface area contributed by atoms with E-state index >= 15 is 0 Å². The lowest BCUT2D eigenvalue weighted by Gasteiger charge is -2.09. The molecule has 6 nitrogen and oxygen atoms in total. The molecule has 1 amide bonds. The van der Waals surface area contributed by atoms with Crippen molar-refractivity contribution in [2.75, 3.05) is 13.1 Å². The Kier molecular flexibility index (Phi) is 6.24. The van der Waals surface area contributed by atoms with Crippen molar-refractivity contribution >= 4 is 5.91 Å². The monoisotopic (exact) mass is 239 g/mol. The Hall–Kier alpha value is -1.43. The molecule has 0 fully saturated rings. The lowest BCUT2D eigenvalue weighted by Crippen LogP contribution is -2.27. The summed E-state index contributed by atoms with van der Waals surface area (Å²) in [6.07, 6.45) is 5.84. The second kappa shape index (κ2) is 7.78. The van der Waals surface area contributed by atoms with Crippen LogP contribution in [-0.2, 0) is 11.3 Å². The van der Waals surface area contributed by atoms with Gasteiger partial charge in [-0.25, -0.2) is 0 Å². The van der Waals surface area contributed by atoms with E-state index < -0.39 is 0 Å². The summed E-state index contributed by atoms with van der Waals surface area (Å²) in [7, 11) is 0. The number of nitrogens with zero attached hydrogens (tertiary/aromatic N) is 3. The third-order valence-corrected chi connectivity index (χ3v) is 2.66. The van der Waals surface area contributed by atoms with Gasteiger partial charge in [0.05, 0.1) is 12.7 Å². The number of nitrogens with two attached hydrogens (primary N) is 1. The van der Waals surface area contributed by atoms with Crippen LogP contribution < -0.4 is 11.1 Å². The molecule has 1 unspecified atom stereocenters. The first-order valence-electron chi connectivity index (χ1n) is 6.03. The summed E-state index contributed by atoms with van der Waals surface area (Å²) in [5, 5.41) is 10.4. The van der Waals surface area contributed by atoms with E-state index in [9.17, 15) is 4.79 Å². The van der Waals surface area contributed by atoms with Crippen molar-refractivity contribution in [2.24, 2.45) is 11.7 Å². The highest BCUT2D eigenvalue weighted by molar-refractivity contribution is 5.75. The van der Waals surface area contributed by atoms with Crippen LogP contribution in [0, 0.1) is 5.92 Å². The fourth-order valence-corrected chi connectivity index (χ4v) is 1.56. The van der Waals surface area contributed by atoms with Gasteiger partial charge in [0.15, 0.2) is 0 Å². The molecule has 0 aromatic carbocycles. The Morgan fingerprint density at radius 2 is 2.35 bits per heavy atom. The van der Waals surface area contributed by atoms with Gasteiger partial charge in [0.1, 0.15) is 0 Å². The van der Waals surface area contributed by atoms with Crippen LogP contribution in [0.3, 0.4) is 0 Å². The van der Waals surface area contributed by atoms with Gasteiger partial charge in [-0.15, -0.1) is 5.10 Å². The Morgan fingerprint density at radius 1 is 1.53 bits per heavy atom. The Balaban J connectivity index is 2.05. The van der Waals surface area contributed by atoms with Gasteiger partial charge in [0, 0.05) is 19.2 Å². The average molecular weight is 239 g/mol. The zero-order chi connectivity index (χ0) is 12.5. The van der Waals surface area contributed by atoms with Crippen LogP contribution in [-0.4, -0.2) is 34.0 Å². The molecule has 0 radical (unpaired) electrons. The molecule has 0 aliphatic heterocycles. The summed E-state index contributed by atoms with van der Waals surface area (Å²) in [4.78, 5) is 11.5. The summed E-state index contributed by atoms with van der Waals surface area (Å²) >= 11 is 0. The number of nitrogens with one attached hydrogen (secondary N) is 1. The normalized spacial score (nSPS) is 12.4. The Bertz CT molecular complexity index is 312. The minimum absolute atomic E-state index is 0.0917. The van der Waals surface area contributed by atoms with E-state index in [0.29, 0.717) is 32.0 Å². The molecule has 0 bridgehead atoms. The largest absolute Gasteiger partial charge is 0.354 e. The van der Waals surface area contributed by atoms with Gasteiger partial charge in [0.2, 0.25) is 5.91 Å². The Morgan fingerprint density at radius 3 is 3.00 bits per heavy atom. The summed E-state index contributed by atoms with van der Waals surface area (Å²) < 4.78 is 1.69. The molecular weight excluding hydrogens is 218 g/mol. The molecule has 1 aromatic heterocycles. The zero-order valence-electron chi connectivity index (χ0n) is 10.3. The van der Waals surface area contributed by atoms with Crippen LogP contribution in [0.15, 0.2) is 12.4 Å². The predicted octanol–water partition coefficient (Wildman–Crippen LogP) is 0.159. The van der Waals surface area contributed by atoms with Crippen molar-refractivity contribution < 1.29 is 4.79 Å². The molecule has 0 saturated carbocycles.